The standard InChI is InChI=1S/C52H46FN5O7/c1-60-40-23-15-35(16-24-40)51(34-11-7-5-8-12-34,36-17-25-41(61-2)26-18-36)57-48-46-49(55-32-54-48)58(33-56-46)50-45(53)47(44(31-59)64-50)65-52(37-13-9-6-10-14-37,38-19-27-42(62-3)28-20-38)39-21-29-43(63-4)30-22-39/h5-33,44-45,47,50H,1-4H3,(H,54,55,57)/t44-,45-,47+,50-/m1/s1. The Morgan fingerprint density at radius 2 is 1.02 bits per heavy atom. The van der Waals surface area contributed by atoms with Crippen LogP contribution < -0.4 is 24.3 Å². The third-order valence-corrected chi connectivity index (χ3v) is 12.0. The van der Waals surface area contributed by atoms with Crippen LogP contribution in [0, 0.1) is 0 Å². The second-order valence-electron chi connectivity index (χ2n) is 15.4. The van der Waals surface area contributed by atoms with Crippen LogP contribution in [0.25, 0.3) is 11.2 Å². The average molecular weight is 872 g/mol. The molecule has 12 nitrogen and oxygen atoms in total. The van der Waals surface area contributed by atoms with Crippen LogP contribution in [0.5, 0.6) is 23.0 Å². The Bertz CT molecular complexity index is 2750. The number of benzene rings is 6. The van der Waals surface area contributed by atoms with E-state index in [1.165, 1.54) is 17.2 Å². The molecular formula is C52H46FN5O7. The second-order valence-corrected chi connectivity index (χ2v) is 15.4. The summed E-state index contributed by atoms with van der Waals surface area (Å²) in [5.41, 5.74) is 2.79. The molecule has 328 valence electrons. The summed E-state index contributed by atoms with van der Waals surface area (Å²) in [6.07, 6.45) is -2.58. The Morgan fingerprint density at radius 3 is 1.48 bits per heavy atom. The van der Waals surface area contributed by atoms with E-state index in [9.17, 15) is 4.79 Å². The first-order valence-electron chi connectivity index (χ1n) is 20.9. The molecule has 1 aliphatic heterocycles. The second kappa shape index (κ2) is 18.2. The minimum atomic E-state index is -1.89. The zero-order valence-electron chi connectivity index (χ0n) is 36.1. The van der Waals surface area contributed by atoms with Crippen LogP contribution in [0.3, 0.4) is 0 Å². The first-order chi connectivity index (χ1) is 31.9. The van der Waals surface area contributed by atoms with E-state index in [0.29, 0.717) is 57.3 Å². The summed E-state index contributed by atoms with van der Waals surface area (Å²) in [5.74, 6) is 2.99. The largest absolute Gasteiger partial charge is 0.497 e. The summed E-state index contributed by atoms with van der Waals surface area (Å²) in [7, 11) is 6.42. The van der Waals surface area contributed by atoms with Crippen LogP contribution in [0.1, 0.15) is 39.6 Å². The number of hydrogen-bond donors (Lipinski definition) is 1. The molecule has 13 heteroatoms. The zero-order valence-corrected chi connectivity index (χ0v) is 36.1. The molecule has 0 bridgehead atoms. The van der Waals surface area contributed by atoms with Crippen LogP contribution in [-0.4, -0.2) is 72.6 Å². The molecule has 1 aliphatic rings. The maximum atomic E-state index is 17.7. The molecule has 9 rings (SSSR count). The quantitative estimate of drug-likeness (QED) is 0.0738. The Morgan fingerprint density at radius 1 is 0.585 bits per heavy atom. The van der Waals surface area contributed by atoms with E-state index >= 15 is 4.39 Å². The molecule has 0 radical (unpaired) electrons. The van der Waals surface area contributed by atoms with Gasteiger partial charge in [0.05, 0.1) is 34.8 Å². The number of ether oxygens (including phenoxy) is 6. The molecule has 0 amide bonds. The summed E-state index contributed by atoms with van der Waals surface area (Å²) >= 11 is 0. The first-order valence-corrected chi connectivity index (χ1v) is 20.9. The van der Waals surface area contributed by atoms with Crippen molar-refractivity contribution in [3.63, 3.8) is 0 Å². The Balaban J connectivity index is 1.14. The van der Waals surface area contributed by atoms with Crippen molar-refractivity contribution in [1.82, 2.24) is 19.5 Å². The van der Waals surface area contributed by atoms with E-state index in [1.807, 2.05) is 158 Å². The molecular weight excluding hydrogens is 826 g/mol. The molecule has 4 atom stereocenters. The predicted octanol–water partition coefficient (Wildman–Crippen LogP) is 9.08. The molecule has 1 saturated heterocycles. The van der Waals surface area contributed by atoms with Gasteiger partial charge in [-0.15, -0.1) is 0 Å². The van der Waals surface area contributed by atoms with Gasteiger partial charge in [-0.05, 0) is 81.9 Å². The Hall–Kier alpha value is -7.61. The fourth-order valence-electron chi connectivity index (χ4n) is 8.74. The van der Waals surface area contributed by atoms with E-state index in [1.54, 1.807) is 28.4 Å². The maximum Gasteiger partial charge on any atom is 0.174 e. The lowest BCUT2D eigenvalue weighted by atomic mass is 9.77. The number of nitrogens with zero attached hydrogens (tertiary/aromatic N) is 4. The van der Waals surface area contributed by atoms with E-state index in [2.05, 4.69) is 10.3 Å². The van der Waals surface area contributed by atoms with Crippen LogP contribution in [-0.2, 0) is 25.4 Å². The van der Waals surface area contributed by atoms with Crippen molar-refractivity contribution in [2.75, 3.05) is 33.8 Å². The molecule has 65 heavy (non-hydrogen) atoms. The van der Waals surface area contributed by atoms with Crippen LogP contribution in [0.2, 0.25) is 0 Å². The number of carbonyl (C=O) groups excluding carboxylic acids is 1. The van der Waals surface area contributed by atoms with E-state index in [4.69, 9.17) is 38.4 Å². The minimum absolute atomic E-state index is 0.270. The molecule has 0 aliphatic carbocycles. The molecule has 3 heterocycles. The van der Waals surface area contributed by atoms with E-state index in [-0.39, 0.29) is 5.65 Å². The van der Waals surface area contributed by atoms with Gasteiger partial charge in [0.1, 0.15) is 52.7 Å². The highest BCUT2D eigenvalue weighted by atomic mass is 19.1. The molecule has 8 aromatic rings. The van der Waals surface area contributed by atoms with Crippen LogP contribution in [0.4, 0.5) is 10.2 Å². The monoisotopic (exact) mass is 871 g/mol. The van der Waals surface area contributed by atoms with Crippen molar-refractivity contribution in [3.8, 4) is 23.0 Å². The molecule has 6 aromatic carbocycles. The van der Waals surface area contributed by atoms with Gasteiger partial charge in [-0.3, -0.25) is 4.57 Å². The Labute approximate surface area is 375 Å². The van der Waals surface area contributed by atoms with Crippen molar-refractivity contribution >= 4 is 23.3 Å². The van der Waals surface area contributed by atoms with Crippen LogP contribution >= 0.6 is 0 Å². The van der Waals surface area contributed by atoms with E-state index < -0.39 is 35.7 Å². The normalized spacial score (nSPS) is 17.4. The maximum absolute atomic E-state index is 17.7. The third-order valence-electron chi connectivity index (χ3n) is 12.0. The van der Waals surface area contributed by atoms with Gasteiger partial charge < -0.3 is 38.5 Å². The van der Waals surface area contributed by atoms with Gasteiger partial charge in [0.2, 0.25) is 0 Å². The lowest BCUT2D eigenvalue weighted by molar-refractivity contribution is -0.131. The molecule has 1 fully saturated rings. The predicted molar refractivity (Wildman–Crippen MR) is 243 cm³/mol. The summed E-state index contributed by atoms with van der Waals surface area (Å²) in [4.78, 5) is 27.1. The lowest BCUT2D eigenvalue weighted by Crippen LogP contribution is -2.43. The number of methoxy groups -OCH3 is 4. The lowest BCUT2D eigenvalue weighted by Gasteiger charge is -2.39. The number of hydrogen-bond acceptors (Lipinski definition) is 11. The highest BCUT2D eigenvalue weighted by molar-refractivity contribution is 5.84. The number of nitrogens with one attached hydrogen (secondary N) is 1. The number of halogens is 1. The number of imidazole rings is 1. The molecule has 0 saturated carbocycles. The van der Waals surface area contributed by atoms with Crippen LogP contribution in [0.15, 0.2) is 170 Å². The van der Waals surface area contributed by atoms with E-state index in [0.717, 1.165) is 16.7 Å². The number of rotatable bonds is 16. The summed E-state index contributed by atoms with van der Waals surface area (Å²) < 4.78 is 54.7. The SMILES string of the molecule is COc1ccc(C(Nc2ncnc3c2ncn3[C@@H]2O[C@H](C=O)[C@H](OC(c3ccccc3)(c3ccc(OC)cc3)c3ccc(OC)cc3)[C@H]2F)(c2ccccc2)c2ccc(OC)cc2)cc1. The molecule has 0 spiro atoms. The van der Waals surface area contributed by atoms with Crippen molar-refractivity contribution < 1.29 is 37.6 Å². The molecule has 0 unspecified atom stereocenters. The summed E-state index contributed by atoms with van der Waals surface area (Å²) in [6, 6.07) is 49.8. The van der Waals surface area contributed by atoms with Crippen molar-refractivity contribution in [1.29, 1.82) is 0 Å². The van der Waals surface area contributed by atoms with Gasteiger partial charge in [0.15, 0.2) is 35.7 Å². The number of anilines is 1. The summed E-state index contributed by atoms with van der Waals surface area (Å²) in [6.45, 7) is 0. The number of fused-ring (bicyclic) bond motifs is 1. The van der Waals surface area contributed by atoms with Crippen molar-refractivity contribution in [2.24, 2.45) is 0 Å². The highest BCUT2D eigenvalue weighted by Gasteiger charge is 2.53. The Kier molecular flexibility index (Phi) is 12.0. The number of carbonyl (C=O) groups is 1. The zero-order chi connectivity index (χ0) is 45.0. The third kappa shape index (κ3) is 7.68. The van der Waals surface area contributed by atoms with Gasteiger partial charge in [-0.25, -0.2) is 19.3 Å². The van der Waals surface area contributed by atoms with Gasteiger partial charge in [0, 0.05) is 0 Å². The number of aldehydes is 1. The number of alkyl halides is 1. The molecule has 1 N–H and O–H groups in total. The van der Waals surface area contributed by atoms with Gasteiger partial charge in [-0.2, -0.15) is 0 Å². The minimum Gasteiger partial charge on any atom is -0.497 e. The van der Waals surface area contributed by atoms with Crippen molar-refractivity contribution in [3.05, 3.63) is 204 Å². The van der Waals surface area contributed by atoms with Gasteiger partial charge in [-0.1, -0.05) is 109 Å². The topological polar surface area (TPSA) is 128 Å². The number of aromatic nitrogens is 4. The highest BCUT2D eigenvalue weighted by Crippen LogP contribution is 2.47. The van der Waals surface area contributed by atoms with Gasteiger partial charge >= 0.3 is 0 Å². The smallest absolute Gasteiger partial charge is 0.174 e. The average Bonchev–Trinajstić information content (AvgIpc) is 3.95. The first kappa shape index (κ1) is 42.7. The summed E-state index contributed by atoms with van der Waals surface area (Å²) in [5, 5.41) is 3.76. The van der Waals surface area contributed by atoms with Gasteiger partial charge in [0.25, 0.3) is 0 Å². The van der Waals surface area contributed by atoms with Crippen molar-refractivity contribution in [2.45, 2.75) is 35.7 Å². The molecule has 2 aromatic heterocycles. The fraction of sp³-hybridized carbons (Fsp3) is 0.192. The fourth-order valence-corrected chi connectivity index (χ4v) is 8.74.